The predicted molar refractivity (Wildman–Crippen MR) is 88.5 cm³/mol. The van der Waals surface area contributed by atoms with Crippen LogP contribution < -0.4 is 10.3 Å². The van der Waals surface area contributed by atoms with Gasteiger partial charge in [-0.05, 0) is 23.9 Å². The molecule has 0 N–H and O–H groups in total. The number of nitrogens with zero attached hydrogens (tertiary/aromatic N) is 2. The number of rotatable bonds is 3. The van der Waals surface area contributed by atoms with Crippen LogP contribution in [0.4, 0.5) is 8.78 Å². The highest BCUT2D eigenvalue weighted by atomic mass is 19.1. The van der Waals surface area contributed by atoms with Crippen molar-refractivity contribution >= 4 is 16.3 Å². The number of halogens is 2. The maximum Gasteiger partial charge on any atom is 0.265 e. The normalized spacial score (nSPS) is 10.8. The lowest BCUT2D eigenvalue weighted by atomic mass is 10.0. The molecule has 0 atom stereocenters. The topological polar surface area (TPSA) is 44.1 Å². The lowest BCUT2D eigenvalue weighted by molar-refractivity contribution is 0.394. The molecule has 0 saturated carbocycles. The molecule has 24 heavy (non-hydrogen) atoms. The summed E-state index contributed by atoms with van der Waals surface area (Å²) >= 11 is 0. The highest BCUT2D eigenvalue weighted by Gasteiger charge is 2.20. The van der Waals surface area contributed by atoms with Crippen LogP contribution in [0.15, 0.2) is 47.9 Å². The Bertz CT molecular complexity index is 1030. The molecule has 0 saturated heterocycles. The molecule has 0 aliphatic carbocycles. The van der Waals surface area contributed by atoms with Gasteiger partial charge >= 0.3 is 0 Å². The molecule has 1 aromatic carbocycles. The van der Waals surface area contributed by atoms with Crippen LogP contribution in [-0.4, -0.2) is 16.7 Å². The van der Waals surface area contributed by atoms with Gasteiger partial charge in [-0.3, -0.25) is 4.79 Å². The third-order valence-corrected chi connectivity index (χ3v) is 3.72. The second-order valence-electron chi connectivity index (χ2n) is 5.31. The molecule has 0 fully saturated rings. The Morgan fingerprint density at radius 2 is 1.92 bits per heavy atom. The molecule has 2 heterocycles. The van der Waals surface area contributed by atoms with Crippen molar-refractivity contribution in [3.05, 3.63) is 70.8 Å². The molecule has 6 heteroatoms. The standard InChI is InChI=1S/C18H14F2N2O2/c1-10(2)16-11-6-4-5-7-12(11)18(23)22(17(16)20)14-8-15(24-3)21-9-13(14)19/h4-9H,1H2,2-3H3. The van der Waals surface area contributed by atoms with Crippen LogP contribution in [-0.2, 0) is 0 Å². The van der Waals surface area contributed by atoms with Gasteiger partial charge in [-0.15, -0.1) is 0 Å². The van der Waals surface area contributed by atoms with Crippen molar-refractivity contribution in [1.82, 2.24) is 9.55 Å². The number of hydrogen-bond donors (Lipinski definition) is 0. The minimum atomic E-state index is -0.877. The van der Waals surface area contributed by atoms with E-state index < -0.39 is 17.3 Å². The molecule has 4 nitrogen and oxygen atoms in total. The Kier molecular flexibility index (Phi) is 3.89. The van der Waals surface area contributed by atoms with Crippen LogP contribution in [0.2, 0.25) is 0 Å². The Hall–Kier alpha value is -3.02. The summed E-state index contributed by atoms with van der Waals surface area (Å²) in [5, 5.41) is 0.706. The molecule has 0 bridgehead atoms. The molecule has 3 aromatic rings. The number of hydrogen-bond acceptors (Lipinski definition) is 3. The van der Waals surface area contributed by atoms with Gasteiger partial charge in [0.25, 0.3) is 5.56 Å². The molecule has 3 rings (SSSR count). The summed E-state index contributed by atoms with van der Waals surface area (Å²) in [6.45, 7) is 5.40. The number of allylic oxidation sites excluding steroid dienone is 1. The first kappa shape index (κ1) is 15.9. The maximum absolute atomic E-state index is 15.1. The number of pyridine rings is 2. The first-order valence-corrected chi connectivity index (χ1v) is 7.14. The Balaban J connectivity index is 2.50. The zero-order valence-corrected chi connectivity index (χ0v) is 13.1. The molecule has 2 aromatic heterocycles. The van der Waals surface area contributed by atoms with E-state index in [1.165, 1.54) is 13.2 Å². The van der Waals surface area contributed by atoms with E-state index in [1.54, 1.807) is 31.2 Å². The minimum Gasteiger partial charge on any atom is -0.481 e. The average Bonchev–Trinajstić information content (AvgIpc) is 2.56. The first-order chi connectivity index (χ1) is 11.5. The van der Waals surface area contributed by atoms with Gasteiger partial charge in [0.2, 0.25) is 11.8 Å². The van der Waals surface area contributed by atoms with Crippen LogP contribution in [0.1, 0.15) is 12.5 Å². The zero-order chi connectivity index (χ0) is 17.4. The monoisotopic (exact) mass is 328 g/mol. The lowest BCUT2D eigenvalue weighted by Gasteiger charge is -2.15. The van der Waals surface area contributed by atoms with E-state index in [0.29, 0.717) is 15.5 Å². The van der Waals surface area contributed by atoms with Gasteiger partial charge in [0.1, 0.15) is 0 Å². The average molecular weight is 328 g/mol. The van der Waals surface area contributed by atoms with E-state index >= 15 is 4.39 Å². The van der Waals surface area contributed by atoms with Crippen molar-refractivity contribution in [1.29, 1.82) is 0 Å². The van der Waals surface area contributed by atoms with Gasteiger partial charge in [0.15, 0.2) is 5.82 Å². The van der Waals surface area contributed by atoms with Crippen molar-refractivity contribution in [3.8, 4) is 11.6 Å². The van der Waals surface area contributed by atoms with Gasteiger partial charge in [0.05, 0.1) is 19.0 Å². The third kappa shape index (κ3) is 2.36. The van der Waals surface area contributed by atoms with Crippen molar-refractivity contribution < 1.29 is 13.5 Å². The summed E-state index contributed by atoms with van der Waals surface area (Å²) in [5.41, 5.74) is -0.336. The number of ether oxygens (including phenoxy) is 1. The molecule has 0 unspecified atom stereocenters. The fourth-order valence-corrected chi connectivity index (χ4v) is 2.63. The van der Waals surface area contributed by atoms with E-state index in [0.717, 1.165) is 6.20 Å². The quantitative estimate of drug-likeness (QED) is 0.689. The molecule has 0 aliphatic heterocycles. The summed E-state index contributed by atoms with van der Waals surface area (Å²) in [6, 6.07) is 7.75. The van der Waals surface area contributed by atoms with Gasteiger partial charge in [-0.25, -0.2) is 13.9 Å². The molecule has 0 spiro atoms. The van der Waals surface area contributed by atoms with Gasteiger partial charge in [0, 0.05) is 17.0 Å². The predicted octanol–water partition coefficient (Wildman–Crippen LogP) is 3.71. The molecule has 0 radical (unpaired) electrons. The van der Waals surface area contributed by atoms with Crippen molar-refractivity contribution in [2.24, 2.45) is 0 Å². The van der Waals surface area contributed by atoms with E-state index in [4.69, 9.17) is 4.74 Å². The van der Waals surface area contributed by atoms with Crippen LogP contribution in [0.25, 0.3) is 22.0 Å². The van der Waals surface area contributed by atoms with E-state index in [9.17, 15) is 9.18 Å². The fourth-order valence-electron chi connectivity index (χ4n) is 2.63. The molecule has 0 amide bonds. The van der Waals surface area contributed by atoms with Gasteiger partial charge in [-0.2, -0.15) is 4.39 Å². The lowest BCUT2D eigenvalue weighted by Crippen LogP contribution is -2.24. The zero-order valence-electron chi connectivity index (χ0n) is 13.1. The van der Waals surface area contributed by atoms with E-state index in [-0.39, 0.29) is 22.5 Å². The minimum absolute atomic E-state index is 0.0720. The van der Waals surface area contributed by atoms with Crippen LogP contribution in [0.3, 0.4) is 0 Å². The van der Waals surface area contributed by atoms with Gasteiger partial charge in [-0.1, -0.05) is 24.8 Å². The first-order valence-electron chi connectivity index (χ1n) is 7.14. The van der Waals surface area contributed by atoms with Crippen molar-refractivity contribution in [2.75, 3.05) is 7.11 Å². The fraction of sp³-hybridized carbons (Fsp3) is 0.111. The third-order valence-electron chi connectivity index (χ3n) is 3.72. The number of fused-ring (bicyclic) bond motifs is 1. The Morgan fingerprint density at radius 3 is 2.54 bits per heavy atom. The Labute approximate surface area is 136 Å². The second kappa shape index (κ2) is 5.88. The number of methoxy groups -OCH3 is 1. The van der Waals surface area contributed by atoms with E-state index in [2.05, 4.69) is 11.6 Å². The summed E-state index contributed by atoms with van der Waals surface area (Å²) in [6.07, 6.45) is 0.885. The van der Waals surface area contributed by atoms with E-state index in [1.807, 2.05) is 0 Å². The Morgan fingerprint density at radius 1 is 1.25 bits per heavy atom. The molecular formula is C18H14F2N2O2. The molecule has 122 valence electrons. The number of aromatic nitrogens is 2. The highest BCUT2D eigenvalue weighted by molar-refractivity contribution is 5.92. The van der Waals surface area contributed by atoms with Gasteiger partial charge < -0.3 is 4.74 Å². The van der Waals surface area contributed by atoms with Crippen molar-refractivity contribution in [2.45, 2.75) is 6.92 Å². The van der Waals surface area contributed by atoms with Crippen molar-refractivity contribution in [3.63, 3.8) is 0 Å². The second-order valence-corrected chi connectivity index (χ2v) is 5.31. The maximum atomic E-state index is 15.1. The highest BCUT2D eigenvalue weighted by Crippen LogP contribution is 2.27. The van der Waals surface area contributed by atoms with Crippen LogP contribution in [0, 0.1) is 11.8 Å². The molecular weight excluding hydrogens is 314 g/mol. The summed E-state index contributed by atoms with van der Waals surface area (Å²) in [4.78, 5) is 16.5. The number of benzene rings is 1. The van der Waals surface area contributed by atoms with Crippen LogP contribution >= 0.6 is 0 Å². The molecule has 0 aliphatic rings. The van der Waals surface area contributed by atoms with Crippen LogP contribution in [0.5, 0.6) is 5.88 Å². The smallest absolute Gasteiger partial charge is 0.265 e. The summed E-state index contributed by atoms with van der Waals surface area (Å²) < 4.78 is 34.9. The largest absolute Gasteiger partial charge is 0.481 e. The SMILES string of the molecule is C=C(C)c1c(F)n(-c2cc(OC)ncc2F)c(=O)c2ccccc12. The summed E-state index contributed by atoms with van der Waals surface area (Å²) in [5.74, 6) is -1.64. The summed E-state index contributed by atoms with van der Waals surface area (Å²) in [7, 11) is 1.35.